The van der Waals surface area contributed by atoms with E-state index in [9.17, 15) is 14.4 Å². The van der Waals surface area contributed by atoms with Crippen LogP contribution in [0.4, 0.5) is 0 Å². The molecule has 1 atom stereocenters. The Balaban J connectivity index is 1.75. The van der Waals surface area contributed by atoms with Crippen LogP contribution in [0.1, 0.15) is 63.0 Å². The van der Waals surface area contributed by atoms with Gasteiger partial charge in [-0.15, -0.1) is 0 Å². The van der Waals surface area contributed by atoms with Gasteiger partial charge >= 0.3 is 5.97 Å². The monoisotopic (exact) mass is 429 g/mol. The summed E-state index contributed by atoms with van der Waals surface area (Å²) in [6.45, 7) is 3.46. The first-order valence-corrected chi connectivity index (χ1v) is 11.3. The molecule has 1 amide bonds. The first-order valence-electron chi connectivity index (χ1n) is 11.3. The van der Waals surface area contributed by atoms with Gasteiger partial charge in [0.05, 0.1) is 19.3 Å². The first kappa shape index (κ1) is 24.8. The third kappa shape index (κ3) is 9.05. The molecule has 2 rings (SSSR count). The van der Waals surface area contributed by atoms with E-state index >= 15 is 0 Å². The summed E-state index contributed by atoms with van der Waals surface area (Å²) in [7, 11) is 1.65. The van der Waals surface area contributed by atoms with Crippen molar-refractivity contribution in [1.29, 1.82) is 0 Å². The summed E-state index contributed by atoms with van der Waals surface area (Å²) in [5, 5.41) is 0. The Labute approximate surface area is 185 Å². The minimum absolute atomic E-state index is 0.00388. The molecule has 1 aliphatic rings. The number of nitrogens with zero attached hydrogens (tertiary/aromatic N) is 1. The number of ether oxygens (including phenoxy) is 2. The summed E-state index contributed by atoms with van der Waals surface area (Å²) in [5.74, 6) is 0.0474. The highest BCUT2D eigenvalue weighted by Gasteiger charge is 2.28. The van der Waals surface area contributed by atoms with Crippen LogP contribution in [0.5, 0.6) is 0 Å². The van der Waals surface area contributed by atoms with Crippen LogP contribution in [-0.4, -0.2) is 48.9 Å². The van der Waals surface area contributed by atoms with E-state index in [1.807, 2.05) is 42.2 Å². The number of hydrogen-bond donors (Lipinski definition) is 0. The van der Waals surface area contributed by atoms with Gasteiger partial charge in [0.1, 0.15) is 0 Å². The zero-order chi connectivity index (χ0) is 22.5. The highest BCUT2D eigenvalue weighted by molar-refractivity contribution is 5.91. The lowest BCUT2D eigenvalue weighted by Crippen LogP contribution is -2.32. The van der Waals surface area contributed by atoms with Gasteiger partial charge in [0.15, 0.2) is 5.78 Å². The van der Waals surface area contributed by atoms with E-state index in [1.54, 1.807) is 13.2 Å². The van der Waals surface area contributed by atoms with Gasteiger partial charge < -0.3 is 14.4 Å². The van der Waals surface area contributed by atoms with Gasteiger partial charge in [-0.3, -0.25) is 14.4 Å². The van der Waals surface area contributed by atoms with Crippen molar-refractivity contribution in [2.75, 3.05) is 20.3 Å². The number of likely N-dealkylation sites (tertiary alicyclic amines) is 1. The zero-order valence-corrected chi connectivity index (χ0v) is 18.8. The van der Waals surface area contributed by atoms with Crippen molar-refractivity contribution >= 4 is 17.7 Å². The van der Waals surface area contributed by atoms with Gasteiger partial charge in [-0.05, 0) is 43.4 Å². The molecule has 6 nitrogen and oxygen atoms in total. The van der Waals surface area contributed by atoms with Gasteiger partial charge in [0, 0.05) is 32.9 Å². The standard InChI is InChI=1S/C25H35NO5/c1-3-31-25(29)11-6-4-5-7-16-26-22(13-15-24(26)28)12-14-23(27)18-20-9-8-10-21(17-20)19-30-2/h8-10,12,14,17,22H,3-7,11,13,15-16,18-19H2,1-2H3/b14-12+. The van der Waals surface area contributed by atoms with Crippen LogP contribution < -0.4 is 0 Å². The molecule has 170 valence electrons. The summed E-state index contributed by atoms with van der Waals surface area (Å²) < 4.78 is 10.1. The highest BCUT2D eigenvalue weighted by atomic mass is 16.5. The Morgan fingerprint density at radius 2 is 1.94 bits per heavy atom. The number of carbonyl (C=O) groups is 3. The molecular formula is C25H35NO5. The minimum atomic E-state index is -0.141. The van der Waals surface area contributed by atoms with Crippen LogP contribution in [-0.2, 0) is 36.9 Å². The summed E-state index contributed by atoms with van der Waals surface area (Å²) in [6.07, 6.45) is 9.23. The van der Waals surface area contributed by atoms with Crippen LogP contribution >= 0.6 is 0 Å². The lowest BCUT2D eigenvalue weighted by molar-refractivity contribution is -0.143. The van der Waals surface area contributed by atoms with Crippen molar-refractivity contribution in [2.24, 2.45) is 0 Å². The molecule has 1 fully saturated rings. The molecule has 1 saturated heterocycles. The fraction of sp³-hybridized carbons (Fsp3) is 0.560. The lowest BCUT2D eigenvalue weighted by Gasteiger charge is -2.22. The molecule has 6 heteroatoms. The first-order chi connectivity index (χ1) is 15.0. The van der Waals surface area contributed by atoms with Crippen molar-refractivity contribution in [1.82, 2.24) is 4.90 Å². The molecule has 1 aromatic rings. The SMILES string of the molecule is CCOC(=O)CCCCCCN1C(=O)CCC1/C=C/C(=O)Cc1cccc(COC)c1. The molecule has 1 heterocycles. The van der Waals surface area contributed by atoms with Gasteiger partial charge in [0.2, 0.25) is 5.91 Å². The Morgan fingerprint density at radius 3 is 2.71 bits per heavy atom. The number of ketones is 1. The van der Waals surface area contributed by atoms with E-state index in [0.717, 1.165) is 43.2 Å². The Hall–Kier alpha value is -2.47. The molecule has 0 aliphatic carbocycles. The molecule has 1 unspecified atom stereocenters. The number of rotatable bonds is 14. The topological polar surface area (TPSA) is 72.9 Å². The van der Waals surface area contributed by atoms with Crippen molar-refractivity contribution in [3.05, 3.63) is 47.5 Å². The summed E-state index contributed by atoms with van der Waals surface area (Å²) in [5.41, 5.74) is 2.01. The fourth-order valence-corrected chi connectivity index (χ4v) is 3.86. The Morgan fingerprint density at radius 1 is 1.16 bits per heavy atom. The smallest absolute Gasteiger partial charge is 0.305 e. The average Bonchev–Trinajstić information content (AvgIpc) is 3.09. The molecule has 1 aliphatic heterocycles. The fourth-order valence-electron chi connectivity index (χ4n) is 3.86. The summed E-state index contributed by atoms with van der Waals surface area (Å²) in [4.78, 5) is 37.9. The number of esters is 1. The van der Waals surface area contributed by atoms with Gasteiger partial charge in [-0.1, -0.05) is 43.2 Å². The highest BCUT2D eigenvalue weighted by Crippen LogP contribution is 2.21. The van der Waals surface area contributed by atoms with E-state index in [1.165, 1.54) is 0 Å². The molecule has 0 bridgehead atoms. The molecule has 0 radical (unpaired) electrons. The van der Waals surface area contributed by atoms with E-state index in [0.29, 0.717) is 39.0 Å². The lowest BCUT2D eigenvalue weighted by atomic mass is 10.0. The second kappa shape index (κ2) is 13.8. The van der Waals surface area contributed by atoms with Crippen LogP contribution in [0.25, 0.3) is 0 Å². The van der Waals surface area contributed by atoms with Crippen LogP contribution in [0.15, 0.2) is 36.4 Å². The maximum absolute atomic E-state index is 12.4. The third-order valence-corrected chi connectivity index (χ3v) is 5.39. The normalized spacial score (nSPS) is 16.3. The molecule has 0 aromatic heterocycles. The van der Waals surface area contributed by atoms with Crippen molar-refractivity contribution in [3.63, 3.8) is 0 Å². The van der Waals surface area contributed by atoms with Crippen molar-refractivity contribution < 1.29 is 23.9 Å². The van der Waals surface area contributed by atoms with Crippen molar-refractivity contribution in [3.8, 4) is 0 Å². The van der Waals surface area contributed by atoms with E-state index in [-0.39, 0.29) is 23.7 Å². The largest absolute Gasteiger partial charge is 0.466 e. The second-order valence-corrected chi connectivity index (χ2v) is 7.92. The number of hydrogen-bond acceptors (Lipinski definition) is 5. The average molecular weight is 430 g/mol. The van der Waals surface area contributed by atoms with Gasteiger partial charge in [-0.25, -0.2) is 0 Å². The minimum Gasteiger partial charge on any atom is -0.466 e. The molecule has 0 N–H and O–H groups in total. The number of carbonyl (C=O) groups excluding carboxylic acids is 3. The Kier molecular flexibility index (Phi) is 11.0. The van der Waals surface area contributed by atoms with E-state index in [2.05, 4.69) is 0 Å². The zero-order valence-electron chi connectivity index (χ0n) is 18.8. The maximum atomic E-state index is 12.4. The third-order valence-electron chi connectivity index (χ3n) is 5.39. The summed E-state index contributed by atoms with van der Waals surface area (Å²) in [6, 6.07) is 7.84. The number of benzene rings is 1. The predicted octanol–water partition coefficient (Wildman–Crippen LogP) is 4.01. The number of amides is 1. The van der Waals surface area contributed by atoms with Gasteiger partial charge in [-0.2, -0.15) is 0 Å². The number of methoxy groups -OCH3 is 1. The molecule has 0 spiro atoms. The molecule has 1 aromatic carbocycles. The number of allylic oxidation sites excluding steroid dienone is 1. The van der Waals surface area contributed by atoms with Crippen molar-refractivity contribution in [2.45, 2.75) is 70.9 Å². The number of unbranched alkanes of at least 4 members (excludes halogenated alkanes) is 3. The molecular weight excluding hydrogens is 394 g/mol. The maximum Gasteiger partial charge on any atom is 0.305 e. The summed E-state index contributed by atoms with van der Waals surface area (Å²) >= 11 is 0. The molecule has 31 heavy (non-hydrogen) atoms. The Bertz CT molecular complexity index is 758. The van der Waals surface area contributed by atoms with Gasteiger partial charge in [0.25, 0.3) is 0 Å². The van der Waals surface area contributed by atoms with E-state index < -0.39 is 0 Å². The van der Waals surface area contributed by atoms with Crippen LogP contribution in [0.3, 0.4) is 0 Å². The predicted molar refractivity (Wildman–Crippen MR) is 119 cm³/mol. The quantitative estimate of drug-likeness (QED) is 0.254. The second-order valence-electron chi connectivity index (χ2n) is 7.92. The van der Waals surface area contributed by atoms with Crippen LogP contribution in [0.2, 0.25) is 0 Å². The molecule has 0 saturated carbocycles. The van der Waals surface area contributed by atoms with E-state index in [4.69, 9.17) is 9.47 Å². The van der Waals surface area contributed by atoms with Crippen LogP contribution in [0, 0.1) is 0 Å².